The van der Waals surface area contributed by atoms with E-state index in [-0.39, 0.29) is 31.0 Å². The molecule has 4 fully saturated rings. The van der Waals surface area contributed by atoms with E-state index in [0.717, 1.165) is 25.7 Å². The molecule has 4 aliphatic rings. The number of nitrogens with zero attached hydrogens (tertiary/aromatic N) is 2. The van der Waals surface area contributed by atoms with Crippen LogP contribution in [-0.4, -0.2) is 79.1 Å². The molecule has 0 radical (unpaired) electrons. The zero-order chi connectivity index (χ0) is 21.7. The Bertz CT molecular complexity index is 754. The molecule has 3 aliphatic heterocycles. The van der Waals surface area contributed by atoms with Crippen molar-refractivity contribution in [1.82, 2.24) is 9.80 Å². The second-order valence-corrected chi connectivity index (χ2v) is 11.3. The maximum Gasteiger partial charge on any atom is 0.308 e. The molecule has 7 nitrogen and oxygen atoms in total. The van der Waals surface area contributed by atoms with Gasteiger partial charge in [0.15, 0.2) is 0 Å². The quantitative estimate of drug-likeness (QED) is 0.592. The number of amides is 2. The van der Waals surface area contributed by atoms with Crippen molar-refractivity contribution in [1.29, 1.82) is 0 Å². The number of hydrogen-bond acceptors (Lipinski definition) is 5. The number of aliphatic carboxylic acids is 1. The monoisotopic (exact) mass is 436 g/mol. The standard InChI is InChI=1S/C22H32N2O5S/c1-3-11-23(14-7-5-4-6-8-14)19(27)17-22-10-9-21(2,30-22)16(20(28)29)15(22)18(26)24(17)12-13-25/h3,14-17,25H,1,4-13H2,2H3,(H,28,29)/t15-,16+,17?,21-,22?/m0/s1. The summed E-state index contributed by atoms with van der Waals surface area (Å²) in [6.07, 6.45) is 8.29. The number of hydrogen-bond donors (Lipinski definition) is 2. The Morgan fingerprint density at radius 2 is 2.00 bits per heavy atom. The van der Waals surface area contributed by atoms with Gasteiger partial charge in [-0.2, -0.15) is 0 Å². The minimum Gasteiger partial charge on any atom is -0.481 e. The zero-order valence-electron chi connectivity index (χ0n) is 17.6. The third-order valence-electron chi connectivity index (χ3n) is 7.74. The number of carboxylic acid groups (broad SMARTS) is 1. The summed E-state index contributed by atoms with van der Waals surface area (Å²) in [4.78, 5) is 43.0. The van der Waals surface area contributed by atoms with Crippen molar-refractivity contribution in [2.75, 3.05) is 19.7 Å². The Labute approximate surface area is 181 Å². The molecule has 166 valence electrons. The van der Waals surface area contributed by atoms with Gasteiger partial charge in [-0.1, -0.05) is 25.3 Å². The van der Waals surface area contributed by atoms with E-state index in [1.165, 1.54) is 11.3 Å². The summed E-state index contributed by atoms with van der Waals surface area (Å²) in [6, 6.07) is -0.597. The van der Waals surface area contributed by atoms with E-state index >= 15 is 0 Å². The van der Waals surface area contributed by atoms with Crippen LogP contribution < -0.4 is 0 Å². The number of carboxylic acids is 1. The summed E-state index contributed by atoms with van der Waals surface area (Å²) >= 11 is 1.54. The summed E-state index contributed by atoms with van der Waals surface area (Å²) in [6.45, 7) is 6.00. The third-order valence-corrected chi connectivity index (χ3v) is 9.73. The fourth-order valence-electron chi connectivity index (χ4n) is 6.54. The minimum absolute atomic E-state index is 0.0592. The molecular weight excluding hydrogens is 404 g/mol. The fraction of sp³-hybridized carbons (Fsp3) is 0.773. The number of fused-ring (bicyclic) bond motifs is 1. The van der Waals surface area contributed by atoms with Crippen molar-refractivity contribution < 1.29 is 24.6 Å². The number of β-amino-alcohol motifs (C(OH)–C–C–N with tert-alkyl or cyclic N) is 1. The van der Waals surface area contributed by atoms with Gasteiger partial charge >= 0.3 is 5.97 Å². The molecule has 1 aliphatic carbocycles. The molecule has 0 aromatic heterocycles. The molecule has 0 aromatic carbocycles. The predicted octanol–water partition coefficient (Wildman–Crippen LogP) is 1.89. The summed E-state index contributed by atoms with van der Waals surface area (Å²) < 4.78 is -1.26. The van der Waals surface area contributed by atoms with Crippen LogP contribution in [0, 0.1) is 11.8 Å². The van der Waals surface area contributed by atoms with Crippen LogP contribution >= 0.6 is 11.8 Å². The number of carbonyl (C=O) groups excluding carboxylic acids is 2. The second-order valence-electron chi connectivity index (χ2n) is 9.39. The highest BCUT2D eigenvalue weighted by atomic mass is 32.2. The lowest BCUT2D eigenvalue weighted by Gasteiger charge is -2.41. The van der Waals surface area contributed by atoms with E-state index in [9.17, 15) is 24.6 Å². The maximum absolute atomic E-state index is 14.0. The summed E-state index contributed by atoms with van der Waals surface area (Å²) in [5, 5.41) is 19.6. The van der Waals surface area contributed by atoms with Gasteiger partial charge in [0.05, 0.1) is 23.2 Å². The fourth-order valence-corrected chi connectivity index (χ4v) is 8.88. The van der Waals surface area contributed by atoms with Crippen molar-refractivity contribution >= 4 is 29.5 Å². The highest BCUT2D eigenvalue weighted by Crippen LogP contribution is 2.71. The van der Waals surface area contributed by atoms with Gasteiger partial charge in [-0.15, -0.1) is 18.3 Å². The van der Waals surface area contributed by atoms with Crippen molar-refractivity contribution in [3.05, 3.63) is 12.7 Å². The van der Waals surface area contributed by atoms with Crippen LogP contribution in [0.1, 0.15) is 51.9 Å². The SMILES string of the molecule is C=CCN(C(=O)C1N(CCO)C(=O)[C@@H]2[C@H](C(=O)O)[C@]3(C)CCC12S3)C1CCCCC1. The van der Waals surface area contributed by atoms with Crippen LogP contribution in [0.3, 0.4) is 0 Å². The summed E-state index contributed by atoms with van der Waals surface area (Å²) in [7, 11) is 0. The number of rotatable bonds is 7. The Morgan fingerprint density at radius 1 is 1.30 bits per heavy atom. The third kappa shape index (κ3) is 3.01. The number of likely N-dealkylation sites (tertiary alicyclic amines) is 1. The molecule has 3 saturated heterocycles. The van der Waals surface area contributed by atoms with Crippen molar-refractivity contribution in [3.8, 4) is 0 Å². The molecule has 30 heavy (non-hydrogen) atoms. The topological polar surface area (TPSA) is 98.2 Å². The van der Waals surface area contributed by atoms with Crippen LogP contribution in [0.4, 0.5) is 0 Å². The molecule has 4 rings (SSSR count). The molecule has 5 atom stereocenters. The zero-order valence-corrected chi connectivity index (χ0v) is 18.4. The normalized spacial score (nSPS) is 38.0. The van der Waals surface area contributed by atoms with Crippen molar-refractivity contribution in [3.63, 3.8) is 0 Å². The molecule has 0 aromatic rings. The predicted molar refractivity (Wildman–Crippen MR) is 114 cm³/mol. The van der Waals surface area contributed by atoms with E-state index in [0.29, 0.717) is 19.4 Å². The average Bonchev–Trinajstić information content (AvgIpc) is 3.28. The first-order valence-corrected chi connectivity index (χ1v) is 11.9. The maximum atomic E-state index is 14.0. The summed E-state index contributed by atoms with van der Waals surface area (Å²) in [5.41, 5.74) is 0. The van der Waals surface area contributed by atoms with Crippen LogP contribution in [0.15, 0.2) is 12.7 Å². The number of thioether (sulfide) groups is 1. The number of carbonyl (C=O) groups is 3. The largest absolute Gasteiger partial charge is 0.481 e. The lowest BCUT2D eigenvalue weighted by Crippen LogP contribution is -2.57. The van der Waals surface area contributed by atoms with Crippen LogP contribution in [0.2, 0.25) is 0 Å². The van der Waals surface area contributed by atoms with E-state index in [1.54, 1.807) is 17.8 Å². The Hall–Kier alpha value is -1.54. The van der Waals surface area contributed by atoms with E-state index in [4.69, 9.17) is 0 Å². The minimum atomic E-state index is -0.961. The average molecular weight is 437 g/mol. The van der Waals surface area contributed by atoms with E-state index < -0.39 is 33.3 Å². The molecule has 1 spiro atoms. The van der Waals surface area contributed by atoms with Crippen LogP contribution in [0.25, 0.3) is 0 Å². The molecule has 1 saturated carbocycles. The number of aliphatic hydroxyl groups is 1. The molecule has 2 bridgehead atoms. The molecule has 2 unspecified atom stereocenters. The first-order chi connectivity index (χ1) is 14.3. The lowest BCUT2D eigenvalue weighted by molar-refractivity contribution is -0.150. The Kier molecular flexibility index (Phi) is 5.68. The first kappa shape index (κ1) is 21.7. The molecule has 8 heteroatoms. The van der Waals surface area contributed by atoms with Crippen LogP contribution in [0.5, 0.6) is 0 Å². The highest BCUT2D eigenvalue weighted by molar-refractivity contribution is 8.02. The smallest absolute Gasteiger partial charge is 0.308 e. The van der Waals surface area contributed by atoms with E-state index in [1.807, 2.05) is 11.8 Å². The van der Waals surface area contributed by atoms with Gasteiger partial charge in [-0.25, -0.2) is 0 Å². The van der Waals surface area contributed by atoms with Gasteiger partial charge in [-0.05, 0) is 32.6 Å². The van der Waals surface area contributed by atoms with Gasteiger partial charge in [0.1, 0.15) is 6.04 Å². The Balaban J connectivity index is 1.74. The summed E-state index contributed by atoms with van der Waals surface area (Å²) in [5.74, 6) is -2.86. The molecule has 2 N–H and O–H groups in total. The van der Waals surface area contributed by atoms with Gasteiger partial charge in [0.25, 0.3) is 0 Å². The van der Waals surface area contributed by atoms with Gasteiger partial charge < -0.3 is 20.0 Å². The molecule has 3 heterocycles. The van der Waals surface area contributed by atoms with Crippen molar-refractivity contribution in [2.45, 2.75) is 73.4 Å². The first-order valence-electron chi connectivity index (χ1n) is 11.1. The van der Waals surface area contributed by atoms with Crippen LogP contribution in [-0.2, 0) is 14.4 Å². The van der Waals surface area contributed by atoms with Gasteiger partial charge in [0.2, 0.25) is 11.8 Å². The van der Waals surface area contributed by atoms with Gasteiger partial charge in [0, 0.05) is 23.9 Å². The van der Waals surface area contributed by atoms with Gasteiger partial charge in [-0.3, -0.25) is 14.4 Å². The highest BCUT2D eigenvalue weighted by Gasteiger charge is 2.77. The van der Waals surface area contributed by atoms with Crippen molar-refractivity contribution in [2.24, 2.45) is 11.8 Å². The van der Waals surface area contributed by atoms with E-state index in [2.05, 4.69) is 6.58 Å². The second kappa shape index (κ2) is 7.86. The lowest BCUT2D eigenvalue weighted by atomic mass is 9.66. The molecule has 2 amide bonds. The number of aliphatic hydroxyl groups excluding tert-OH is 1. The molecular formula is C22H32N2O5S. The Morgan fingerprint density at radius 3 is 2.60 bits per heavy atom.